The van der Waals surface area contributed by atoms with Crippen LogP contribution in [0.3, 0.4) is 0 Å². The van der Waals surface area contributed by atoms with E-state index in [0.29, 0.717) is 17.8 Å². The van der Waals surface area contributed by atoms with Gasteiger partial charge in [-0.25, -0.2) is 4.79 Å². The first kappa shape index (κ1) is 17.5. The molecular formula is C21H28N2O3. The molecule has 26 heavy (non-hydrogen) atoms. The third-order valence-electron chi connectivity index (χ3n) is 6.59. The fourth-order valence-electron chi connectivity index (χ4n) is 5.79. The van der Waals surface area contributed by atoms with Gasteiger partial charge in [-0.3, -0.25) is 4.79 Å². The fourth-order valence-corrected chi connectivity index (χ4v) is 5.79. The number of carbonyl (C=O) groups is 2. The second kappa shape index (κ2) is 6.69. The molecular weight excluding hydrogens is 328 g/mol. The maximum atomic E-state index is 12.5. The molecule has 5 heteroatoms. The average molecular weight is 356 g/mol. The molecule has 2 N–H and O–H groups in total. The standard InChI is InChI=1S/C21H28N2O3/c1-13-3-4-17(20(25)26-2)8-18(13)23-19(24)12-22-21-9-14-5-15(10-21)7-16(6-14)11-21/h3-4,8,14-16,22H,5-7,9-12H2,1-2H3,(H,23,24). The van der Waals surface area contributed by atoms with Crippen LogP contribution in [0.15, 0.2) is 18.2 Å². The van der Waals surface area contributed by atoms with Crippen LogP contribution in [-0.4, -0.2) is 31.1 Å². The van der Waals surface area contributed by atoms with E-state index < -0.39 is 5.97 Å². The van der Waals surface area contributed by atoms with E-state index >= 15 is 0 Å². The Kier molecular flexibility index (Phi) is 4.51. The minimum Gasteiger partial charge on any atom is -0.465 e. The predicted octanol–water partition coefficient (Wildman–Crippen LogP) is 3.28. The number of hydrogen-bond donors (Lipinski definition) is 2. The number of amides is 1. The number of methoxy groups -OCH3 is 1. The van der Waals surface area contributed by atoms with Crippen molar-refractivity contribution in [2.24, 2.45) is 17.8 Å². The van der Waals surface area contributed by atoms with Crippen LogP contribution in [0.5, 0.6) is 0 Å². The summed E-state index contributed by atoms with van der Waals surface area (Å²) in [5, 5.41) is 6.56. The number of carbonyl (C=O) groups excluding carboxylic acids is 2. The van der Waals surface area contributed by atoms with E-state index in [1.807, 2.05) is 13.0 Å². The third kappa shape index (κ3) is 3.37. The van der Waals surface area contributed by atoms with Gasteiger partial charge in [-0.05, 0) is 80.9 Å². The third-order valence-corrected chi connectivity index (χ3v) is 6.59. The molecule has 1 amide bonds. The highest BCUT2D eigenvalue weighted by Gasteiger charge is 2.50. The topological polar surface area (TPSA) is 67.4 Å². The molecule has 1 aromatic carbocycles. The summed E-state index contributed by atoms with van der Waals surface area (Å²) in [5.41, 5.74) is 2.23. The SMILES string of the molecule is COC(=O)c1ccc(C)c(NC(=O)CNC23CC4CC(CC(C4)C2)C3)c1. The van der Waals surface area contributed by atoms with Crippen LogP contribution in [0.4, 0.5) is 5.69 Å². The van der Waals surface area contributed by atoms with Crippen LogP contribution >= 0.6 is 0 Å². The summed E-state index contributed by atoms with van der Waals surface area (Å²) in [6.07, 6.45) is 7.86. The normalized spacial score (nSPS) is 31.7. The van der Waals surface area contributed by atoms with Crippen LogP contribution in [0.2, 0.25) is 0 Å². The average Bonchev–Trinajstić information content (AvgIpc) is 2.60. The number of aryl methyl sites for hydroxylation is 1. The van der Waals surface area contributed by atoms with E-state index in [9.17, 15) is 9.59 Å². The minimum absolute atomic E-state index is 0.0501. The number of ether oxygens (including phenoxy) is 1. The lowest BCUT2D eigenvalue weighted by atomic mass is 9.53. The van der Waals surface area contributed by atoms with Crippen molar-refractivity contribution in [1.29, 1.82) is 0 Å². The number of rotatable bonds is 5. The predicted molar refractivity (Wildman–Crippen MR) is 100 cm³/mol. The van der Waals surface area contributed by atoms with Gasteiger partial charge in [-0.1, -0.05) is 6.07 Å². The van der Waals surface area contributed by atoms with E-state index in [0.717, 1.165) is 23.3 Å². The van der Waals surface area contributed by atoms with Gasteiger partial charge in [-0.15, -0.1) is 0 Å². The second-order valence-corrected chi connectivity index (χ2v) is 8.62. The quantitative estimate of drug-likeness (QED) is 0.795. The van der Waals surface area contributed by atoms with Crippen LogP contribution < -0.4 is 10.6 Å². The molecule has 4 aliphatic carbocycles. The highest BCUT2D eigenvalue weighted by molar-refractivity contribution is 5.96. The zero-order valence-electron chi connectivity index (χ0n) is 15.6. The monoisotopic (exact) mass is 356 g/mol. The Hall–Kier alpha value is -1.88. The maximum absolute atomic E-state index is 12.5. The van der Waals surface area contributed by atoms with Gasteiger partial charge in [-0.2, -0.15) is 0 Å². The van der Waals surface area contributed by atoms with Gasteiger partial charge in [0.2, 0.25) is 5.91 Å². The largest absolute Gasteiger partial charge is 0.465 e. The molecule has 4 aliphatic rings. The van der Waals surface area contributed by atoms with E-state index in [4.69, 9.17) is 4.74 Å². The Morgan fingerprint density at radius 3 is 2.31 bits per heavy atom. The molecule has 1 aromatic rings. The zero-order chi connectivity index (χ0) is 18.3. The molecule has 0 saturated heterocycles. The summed E-state index contributed by atoms with van der Waals surface area (Å²) in [6, 6.07) is 5.22. The van der Waals surface area contributed by atoms with Crippen LogP contribution in [0, 0.1) is 24.7 Å². The van der Waals surface area contributed by atoms with Crippen molar-refractivity contribution in [3.05, 3.63) is 29.3 Å². The van der Waals surface area contributed by atoms with Crippen molar-refractivity contribution < 1.29 is 14.3 Å². The molecule has 4 saturated carbocycles. The minimum atomic E-state index is -0.396. The summed E-state index contributed by atoms with van der Waals surface area (Å²) in [5.74, 6) is 2.13. The van der Waals surface area contributed by atoms with Gasteiger partial charge in [0.15, 0.2) is 0 Å². The Morgan fingerprint density at radius 2 is 1.73 bits per heavy atom. The summed E-state index contributed by atoms with van der Waals surface area (Å²) in [6.45, 7) is 2.25. The van der Waals surface area contributed by atoms with Gasteiger partial charge in [0.25, 0.3) is 0 Å². The van der Waals surface area contributed by atoms with Gasteiger partial charge >= 0.3 is 5.97 Å². The molecule has 4 bridgehead atoms. The van der Waals surface area contributed by atoms with E-state index in [1.165, 1.54) is 45.6 Å². The molecule has 0 heterocycles. The Labute approximate surface area is 154 Å². The Morgan fingerprint density at radius 1 is 1.12 bits per heavy atom. The molecule has 0 aromatic heterocycles. The lowest BCUT2D eigenvalue weighted by Crippen LogP contribution is -2.59. The van der Waals surface area contributed by atoms with Crippen molar-refractivity contribution in [2.45, 2.75) is 51.0 Å². The lowest BCUT2D eigenvalue weighted by Gasteiger charge is -2.57. The molecule has 140 valence electrons. The van der Waals surface area contributed by atoms with Gasteiger partial charge in [0, 0.05) is 11.2 Å². The highest BCUT2D eigenvalue weighted by Crippen LogP contribution is 2.55. The first-order valence-electron chi connectivity index (χ1n) is 9.70. The fraction of sp³-hybridized carbons (Fsp3) is 0.619. The van der Waals surface area contributed by atoms with Crippen molar-refractivity contribution in [1.82, 2.24) is 5.32 Å². The molecule has 0 aliphatic heterocycles. The van der Waals surface area contributed by atoms with Crippen LogP contribution in [0.25, 0.3) is 0 Å². The number of hydrogen-bond acceptors (Lipinski definition) is 4. The smallest absolute Gasteiger partial charge is 0.337 e. The van der Waals surface area contributed by atoms with Gasteiger partial charge in [0.1, 0.15) is 0 Å². The summed E-state index contributed by atoms with van der Waals surface area (Å²) in [4.78, 5) is 24.2. The number of anilines is 1. The van der Waals surface area contributed by atoms with Gasteiger partial charge in [0.05, 0.1) is 19.2 Å². The molecule has 0 atom stereocenters. The number of benzene rings is 1. The Balaban J connectivity index is 1.38. The molecule has 4 fully saturated rings. The summed E-state index contributed by atoms with van der Waals surface area (Å²) in [7, 11) is 1.36. The van der Waals surface area contributed by atoms with Crippen molar-refractivity contribution in [3.8, 4) is 0 Å². The molecule has 0 spiro atoms. The zero-order valence-corrected chi connectivity index (χ0v) is 15.6. The van der Waals surface area contributed by atoms with Gasteiger partial charge < -0.3 is 15.4 Å². The molecule has 0 unspecified atom stereocenters. The highest BCUT2D eigenvalue weighted by atomic mass is 16.5. The van der Waals surface area contributed by atoms with Crippen molar-refractivity contribution >= 4 is 17.6 Å². The summed E-state index contributed by atoms with van der Waals surface area (Å²) < 4.78 is 4.76. The number of nitrogens with one attached hydrogen (secondary N) is 2. The first-order chi connectivity index (χ1) is 12.5. The maximum Gasteiger partial charge on any atom is 0.337 e. The van der Waals surface area contributed by atoms with E-state index in [2.05, 4.69) is 10.6 Å². The molecule has 0 radical (unpaired) electrons. The molecule has 5 nitrogen and oxygen atoms in total. The van der Waals surface area contributed by atoms with Crippen LogP contribution in [0.1, 0.15) is 54.4 Å². The van der Waals surface area contributed by atoms with E-state index in [1.54, 1.807) is 12.1 Å². The number of esters is 1. The summed E-state index contributed by atoms with van der Waals surface area (Å²) >= 11 is 0. The molecule has 5 rings (SSSR count). The first-order valence-corrected chi connectivity index (χ1v) is 9.70. The van der Waals surface area contributed by atoms with Crippen LogP contribution in [-0.2, 0) is 9.53 Å². The second-order valence-electron chi connectivity index (χ2n) is 8.62. The van der Waals surface area contributed by atoms with Crippen molar-refractivity contribution in [3.63, 3.8) is 0 Å². The van der Waals surface area contributed by atoms with Crippen molar-refractivity contribution in [2.75, 3.05) is 19.0 Å². The Bertz CT molecular complexity index is 693. The lowest BCUT2D eigenvalue weighted by molar-refractivity contribution is -0.116. The van der Waals surface area contributed by atoms with E-state index in [-0.39, 0.29) is 11.4 Å².